The lowest BCUT2D eigenvalue weighted by Crippen LogP contribution is -2.07. The molecule has 3 rings (SSSR count). The van der Waals surface area contributed by atoms with E-state index in [0.717, 1.165) is 11.1 Å². The van der Waals surface area contributed by atoms with Crippen LogP contribution in [0, 0.1) is 0 Å². The molecule has 0 bridgehead atoms. The Morgan fingerprint density at radius 2 is 1.33 bits per heavy atom. The highest BCUT2D eigenvalue weighted by Crippen LogP contribution is 2.13. The Morgan fingerprint density at radius 3 is 1.81 bits per heavy atom. The fourth-order valence-corrected chi connectivity index (χ4v) is 2.04. The van der Waals surface area contributed by atoms with Crippen LogP contribution in [0.5, 0.6) is 0 Å². The molecule has 1 aromatic heterocycles. The molecule has 0 radical (unpaired) electrons. The average molecular weight is 275 g/mol. The lowest BCUT2D eigenvalue weighted by atomic mass is 10.0. The van der Waals surface area contributed by atoms with Gasteiger partial charge in [0.25, 0.3) is 0 Å². The van der Waals surface area contributed by atoms with Crippen molar-refractivity contribution in [1.82, 2.24) is 0 Å². The van der Waals surface area contributed by atoms with Crippen LogP contribution in [0.3, 0.4) is 0 Å². The topological polar surface area (TPSA) is 42.6 Å². The molecule has 21 heavy (non-hydrogen) atoms. The summed E-state index contributed by atoms with van der Waals surface area (Å²) in [5.41, 5.74) is 2.42. The molecule has 0 aliphatic carbocycles. The van der Waals surface area contributed by atoms with Crippen molar-refractivity contribution in [3.8, 4) is 0 Å². The summed E-state index contributed by atoms with van der Waals surface area (Å²) in [5.74, 6) is -0.151. The number of carbonyl (C=O) groups is 1. The molecule has 0 aliphatic heterocycles. The zero-order valence-electron chi connectivity index (χ0n) is 11.3. The van der Waals surface area contributed by atoms with Crippen molar-refractivity contribution in [3.63, 3.8) is 0 Å². The number of hydrogen-bond acceptors (Lipinski definition) is 2. The number of furan rings is 1. The predicted molar refractivity (Wildman–Crippen MR) is 81.6 cm³/mol. The largest absolute Gasteiger partial charge is 0.459 e. The smallest absolute Gasteiger partial charge is 0.313 e. The molecule has 0 saturated heterocycles. The molecule has 102 valence electrons. The van der Waals surface area contributed by atoms with Crippen LogP contribution in [0.15, 0.2) is 88.5 Å². The first-order valence-corrected chi connectivity index (χ1v) is 6.62. The Kier molecular flexibility index (Phi) is 3.74. The highest BCUT2D eigenvalue weighted by molar-refractivity contribution is 6.18. The predicted octanol–water partition coefficient (Wildman–Crippen LogP) is 3.96. The maximum atomic E-state index is 12.2. The number of amides is 1. The van der Waals surface area contributed by atoms with Gasteiger partial charge in [-0.05, 0) is 12.1 Å². The molecule has 0 N–H and O–H groups in total. The zero-order valence-corrected chi connectivity index (χ0v) is 11.3. The first-order chi connectivity index (χ1) is 10.3. The van der Waals surface area contributed by atoms with E-state index in [0.29, 0.717) is 5.71 Å². The van der Waals surface area contributed by atoms with Crippen molar-refractivity contribution >= 4 is 11.6 Å². The van der Waals surface area contributed by atoms with Crippen molar-refractivity contribution in [2.75, 3.05) is 0 Å². The second-order valence-corrected chi connectivity index (χ2v) is 4.47. The summed E-state index contributed by atoms with van der Waals surface area (Å²) in [6, 6.07) is 22.6. The number of carbonyl (C=O) groups excluding carboxylic acids is 1. The maximum Gasteiger partial charge on any atom is 0.313 e. The van der Waals surface area contributed by atoms with E-state index in [4.69, 9.17) is 4.42 Å². The molecule has 1 heterocycles. The Bertz CT molecular complexity index is 703. The van der Waals surface area contributed by atoms with Crippen molar-refractivity contribution in [2.45, 2.75) is 0 Å². The first kappa shape index (κ1) is 13.1. The molecule has 0 atom stereocenters. The van der Waals surface area contributed by atoms with Gasteiger partial charge in [0.15, 0.2) is 5.76 Å². The summed E-state index contributed by atoms with van der Waals surface area (Å²) in [5, 5.41) is 0. The van der Waals surface area contributed by atoms with Crippen molar-refractivity contribution in [3.05, 3.63) is 95.9 Å². The molecule has 0 spiro atoms. The fraction of sp³-hybridized carbons (Fsp3) is 0. The molecule has 3 aromatic rings. The number of nitrogens with zero attached hydrogens (tertiary/aromatic N) is 1. The number of aliphatic imine (C=N–C) groups is 1. The molecule has 0 fully saturated rings. The van der Waals surface area contributed by atoms with Crippen LogP contribution in [-0.4, -0.2) is 11.6 Å². The van der Waals surface area contributed by atoms with Gasteiger partial charge in [0.05, 0.1) is 12.0 Å². The van der Waals surface area contributed by atoms with Crippen LogP contribution < -0.4 is 0 Å². The number of rotatable bonds is 3. The second kappa shape index (κ2) is 6.01. The summed E-state index contributed by atoms with van der Waals surface area (Å²) in [6.07, 6.45) is 1.47. The summed E-state index contributed by atoms with van der Waals surface area (Å²) in [4.78, 5) is 16.4. The van der Waals surface area contributed by atoms with Gasteiger partial charge in [0, 0.05) is 11.1 Å². The van der Waals surface area contributed by atoms with Gasteiger partial charge in [-0.25, -0.2) is 4.99 Å². The highest BCUT2D eigenvalue weighted by atomic mass is 16.3. The van der Waals surface area contributed by atoms with Crippen LogP contribution in [-0.2, 0) is 0 Å². The minimum absolute atomic E-state index is 0.236. The van der Waals surface area contributed by atoms with E-state index in [1.54, 1.807) is 12.1 Å². The third-order valence-corrected chi connectivity index (χ3v) is 3.04. The van der Waals surface area contributed by atoms with E-state index < -0.39 is 0 Å². The van der Waals surface area contributed by atoms with Gasteiger partial charge in [-0.3, -0.25) is 4.79 Å². The van der Waals surface area contributed by atoms with Crippen LogP contribution in [0.25, 0.3) is 0 Å². The van der Waals surface area contributed by atoms with Gasteiger partial charge in [-0.15, -0.1) is 0 Å². The summed E-state index contributed by atoms with van der Waals surface area (Å²) < 4.78 is 5.11. The van der Waals surface area contributed by atoms with Crippen LogP contribution >= 0.6 is 0 Å². The monoisotopic (exact) mass is 275 g/mol. The van der Waals surface area contributed by atoms with Gasteiger partial charge in [0.2, 0.25) is 0 Å². The van der Waals surface area contributed by atoms with E-state index in [-0.39, 0.29) is 11.7 Å². The SMILES string of the molecule is O=C(N=C(c1ccccc1)c1ccccc1)c1ccco1. The standard InChI is InChI=1S/C18H13NO2/c20-18(16-12-7-13-21-16)19-17(14-8-3-1-4-9-14)15-10-5-2-6-11-15/h1-13H. The molecule has 0 aliphatic rings. The molecule has 1 amide bonds. The molecular weight excluding hydrogens is 262 g/mol. The van der Waals surface area contributed by atoms with Gasteiger partial charge in [-0.2, -0.15) is 0 Å². The Balaban J connectivity index is 2.07. The summed E-state index contributed by atoms with van der Waals surface area (Å²) >= 11 is 0. The van der Waals surface area contributed by atoms with Crippen molar-refractivity contribution in [1.29, 1.82) is 0 Å². The van der Waals surface area contributed by atoms with E-state index in [2.05, 4.69) is 4.99 Å². The minimum atomic E-state index is -0.386. The minimum Gasteiger partial charge on any atom is -0.459 e. The highest BCUT2D eigenvalue weighted by Gasteiger charge is 2.12. The quantitative estimate of drug-likeness (QED) is 0.679. The van der Waals surface area contributed by atoms with E-state index in [1.165, 1.54) is 6.26 Å². The molecule has 2 aromatic carbocycles. The Morgan fingerprint density at radius 1 is 0.762 bits per heavy atom. The first-order valence-electron chi connectivity index (χ1n) is 6.62. The maximum absolute atomic E-state index is 12.2. The fourth-order valence-electron chi connectivity index (χ4n) is 2.04. The number of hydrogen-bond donors (Lipinski definition) is 0. The van der Waals surface area contributed by atoms with Gasteiger partial charge in [-0.1, -0.05) is 60.7 Å². The van der Waals surface area contributed by atoms with Gasteiger partial charge >= 0.3 is 5.91 Å². The molecular formula is C18H13NO2. The second-order valence-electron chi connectivity index (χ2n) is 4.47. The molecule has 0 unspecified atom stereocenters. The van der Waals surface area contributed by atoms with Crippen LogP contribution in [0.1, 0.15) is 21.7 Å². The third kappa shape index (κ3) is 2.98. The van der Waals surface area contributed by atoms with Crippen molar-refractivity contribution in [2.24, 2.45) is 4.99 Å². The van der Waals surface area contributed by atoms with Crippen LogP contribution in [0.4, 0.5) is 0 Å². The van der Waals surface area contributed by atoms with E-state index in [9.17, 15) is 4.79 Å². The van der Waals surface area contributed by atoms with E-state index in [1.807, 2.05) is 60.7 Å². The lowest BCUT2D eigenvalue weighted by Gasteiger charge is -2.06. The third-order valence-electron chi connectivity index (χ3n) is 3.04. The average Bonchev–Trinajstić information content (AvgIpc) is 3.09. The summed E-state index contributed by atoms with van der Waals surface area (Å²) in [7, 11) is 0. The van der Waals surface area contributed by atoms with E-state index >= 15 is 0 Å². The Labute approximate surface area is 122 Å². The summed E-state index contributed by atoms with van der Waals surface area (Å²) in [6.45, 7) is 0. The van der Waals surface area contributed by atoms with Crippen LogP contribution in [0.2, 0.25) is 0 Å². The van der Waals surface area contributed by atoms with Crippen molar-refractivity contribution < 1.29 is 9.21 Å². The normalized spacial score (nSPS) is 10.1. The molecule has 0 saturated carbocycles. The molecule has 3 nitrogen and oxygen atoms in total. The van der Waals surface area contributed by atoms with Gasteiger partial charge < -0.3 is 4.42 Å². The Hall–Kier alpha value is -2.94. The lowest BCUT2D eigenvalue weighted by molar-refractivity contribution is 0.0976. The van der Waals surface area contributed by atoms with Gasteiger partial charge in [0.1, 0.15) is 0 Å². The molecule has 3 heteroatoms. The number of benzene rings is 2. The zero-order chi connectivity index (χ0) is 14.5.